The number of carbonyl (C=O) groups excluding carboxylic acids is 2. The third kappa shape index (κ3) is 12.4. The molecule has 0 unspecified atom stereocenters. The van der Waals surface area contributed by atoms with Gasteiger partial charge in [-0.25, -0.2) is 18.0 Å². The van der Waals surface area contributed by atoms with Crippen molar-refractivity contribution in [1.82, 2.24) is 10.2 Å². The zero-order chi connectivity index (χ0) is 32.8. The quantitative estimate of drug-likeness (QED) is 0.343. The maximum absolute atomic E-state index is 13.5. The first kappa shape index (κ1) is 35.9. The van der Waals surface area contributed by atoms with Crippen molar-refractivity contribution < 1.29 is 32.6 Å². The van der Waals surface area contributed by atoms with Gasteiger partial charge in [0.1, 0.15) is 11.2 Å². The van der Waals surface area contributed by atoms with Crippen LogP contribution in [-0.4, -0.2) is 73.8 Å². The van der Waals surface area contributed by atoms with Gasteiger partial charge >= 0.3 is 12.2 Å². The molecule has 2 aromatic carbocycles. The summed E-state index contributed by atoms with van der Waals surface area (Å²) in [4.78, 5) is 27.6. The van der Waals surface area contributed by atoms with Crippen LogP contribution in [0.2, 0.25) is 0 Å². The number of nitrogens with zero attached hydrogens (tertiary/aromatic N) is 2. The zero-order valence-electron chi connectivity index (χ0n) is 27.2. The van der Waals surface area contributed by atoms with E-state index in [0.717, 1.165) is 17.4 Å². The van der Waals surface area contributed by atoms with Crippen LogP contribution in [0.15, 0.2) is 48.5 Å². The van der Waals surface area contributed by atoms with Gasteiger partial charge in [0.2, 0.25) is 10.0 Å². The number of ether oxygens (including phenoxy) is 2. The van der Waals surface area contributed by atoms with Crippen molar-refractivity contribution in [1.29, 1.82) is 0 Å². The highest BCUT2D eigenvalue weighted by Gasteiger charge is 2.30. The summed E-state index contributed by atoms with van der Waals surface area (Å²) in [5.41, 5.74) is 1.34. The van der Waals surface area contributed by atoms with E-state index in [1.54, 1.807) is 47.6 Å². The van der Waals surface area contributed by atoms with Crippen molar-refractivity contribution in [3.8, 4) is 0 Å². The Hall–Kier alpha value is -3.31. The average Bonchev–Trinajstić information content (AvgIpc) is 2.85. The number of hydrogen-bond acceptors (Lipinski definition) is 7. The Morgan fingerprint density at radius 1 is 0.930 bits per heavy atom. The lowest BCUT2D eigenvalue weighted by atomic mass is 9.99. The lowest BCUT2D eigenvalue weighted by Crippen LogP contribution is -2.51. The van der Waals surface area contributed by atoms with Crippen LogP contribution in [-0.2, 0) is 32.5 Å². The monoisotopic (exact) mass is 619 g/mol. The number of amides is 2. The Morgan fingerprint density at radius 2 is 1.51 bits per heavy atom. The molecule has 0 aromatic heterocycles. The summed E-state index contributed by atoms with van der Waals surface area (Å²) < 4.78 is 37.0. The van der Waals surface area contributed by atoms with Gasteiger partial charge in [-0.3, -0.25) is 4.31 Å². The van der Waals surface area contributed by atoms with Crippen LogP contribution < -0.4 is 9.62 Å². The van der Waals surface area contributed by atoms with Crippen molar-refractivity contribution in [2.75, 3.05) is 24.2 Å². The molecule has 11 heteroatoms. The summed E-state index contributed by atoms with van der Waals surface area (Å²) in [6.45, 7) is 14.3. The predicted octanol–water partition coefficient (Wildman–Crippen LogP) is 5.44. The van der Waals surface area contributed by atoms with Gasteiger partial charge in [-0.2, -0.15) is 0 Å². The average molecular weight is 620 g/mol. The lowest BCUT2D eigenvalue weighted by molar-refractivity contribution is 0.00645. The molecular formula is C32H49N3O7S. The Balaban J connectivity index is 2.48. The molecular weight excluding hydrogens is 570 g/mol. The SMILES string of the molecule is CC(C)c1cc(CN(C[C@@H](O)[C@H](Cc2ccccc2)NC(=O)OC(C)(C)C)C(=O)OC(C)(C)C)cc(N(C)S(C)(=O)=O)c1. The van der Waals surface area contributed by atoms with Gasteiger partial charge in [0, 0.05) is 13.6 Å². The van der Waals surface area contributed by atoms with E-state index in [9.17, 15) is 23.1 Å². The normalized spacial score (nSPS) is 13.7. The molecule has 0 saturated heterocycles. The Bertz CT molecular complexity index is 1330. The molecule has 43 heavy (non-hydrogen) atoms. The lowest BCUT2D eigenvalue weighted by Gasteiger charge is -2.32. The van der Waals surface area contributed by atoms with E-state index in [0.29, 0.717) is 11.3 Å². The highest BCUT2D eigenvalue weighted by atomic mass is 32.2. The molecule has 0 spiro atoms. The highest BCUT2D eigenvalue weighted by molar-refractivity contribution is 7.92. The van der Waals surface area contributed by atoms with Crippen LogP contribution in [0.4, 0.5) is 15.3 Å². The summed E-state index contributed by atoms with van der Waals surface area (Å²) in [5.74, 6) is 0.0838. The van der Waals surface area contributed by atoms with Gasteiger partial charge < -0.3 is 24.8 Å². The van der Waals surface area contributed by atoms with Gasteiger partial charge in [0.05, 0.1) is 30.6 Å². The van der Waals surface area contributed by atoms with Crippen molar-refractivity contribution in [3.05, 3.63) is 65.2 Å². The number of aliphatic hydroxyl groups excluding tert-OH is 1. The van der Waals surface area contributed by atoms with Gasteiger partial charge in [0.25, 0.3) is 0 Å². The van der Waals surface area contributed by atoms with E-state index in [1.807, 2.05) is 56.3 Å². The molecule has 240 valence electrons. The number of rotatable bonds is 11. The second kappa shape index (κ2) is 14.4. The first-order valence-electron chi connectivity index (χ1n) is 14.4. The summed E-state index contributed by atoms with van der Waals surface area (Å²) in [6.07, 6.45) is -1.13. The topological polar surface area (TPSA) is 125 Å². The van der Waals surface area contributed by atoms with Crippen LogP contribution in [0.3, 0.4) is 0 Å². The third-order valence-corrected chi connectivity index (χ3v) is 7.63. The number of alkyl carbamates (subject to hydrolysis) is 1. The van der Waals surface area contributed by atoms with E-state index in [-0.39, 0.29) is 25.4 Å². The van der Waals surface area contributed by atoms with E-state index in [2.05, 4.69) is 5.32 Å². The molecule has 10 nitrogen and oxygen atoms in total. The van der Waals surface area contributed by atoms with Gasteiger partial charge in [-0.15, -0.1) is 0 Å². The minimum atomic E-state index is -3.53. The fourth-order valence-corrected chi connectivity index (χ4v) is 4.70. The molecule has 0 saturated carbocycles. The standard InChI is InChI=1S/C32H49N3O7S/c1-22(2)25-16-24(17-26(19-25)34(9)43(10,39)40)20-35(30(38)42-32(6,7)8)21-28(36)27(18-23-14-12-11-13-15-23)33-29(37)41-31(3,4)5/h11-17,19,22,27-28,36H,18,20-21H2,1-10H3,(H,33,37)/t27-,28+/m0/s1. The molecule has 2 amide bonds. The highest BCUT2D eigenvalue weighted by Crippen LogP contribution is 2.26. The minimum absolute atomic E-state index is 0.0294. The fourth-order valence-electron chi connectivity index (χ4n) is 4.21. The minimum Gasteiger partial charge on any atom is -0.444 e. The number of anilines is 1. The molecule has 2 rings (SSSR count). The zero-order valence-corrected chi connectivity index (χ0v) is 28.0. The first-order chi connectivity index (χ1) is 19.6. The van der Waals surface area contributed by atoms with Crippen molar-refractivity contribution in [3.63, 3.8) is 0 Å². The molecule has 2 atom stereocenters. The van der Waals surface area contributed by atoms with Crippen LogP contribution in [0.1, 0.15) is 78.0 Å². The molecule has 2 N–H and O–H groups in total. The molecule has 0 aliphatic rings. The van der Waals surface area contributed by atoms with Crippen LogP contribution >= 0.6 is 0 Å². The largest absolute Gasteiger partial charge is 0.444 e. The maximum atomic E-state index is 13.5. The number of benzene rings is 2. The predicted molar refractivity (Wildman–Crippen MR) is 170 cm³/mol. The summed E-state index contributed by atoms with van der Waals surface area (Å²) in [6, 6.07) is 14.0. The number of hydrogen-bond donors (Lipinski definition) is 2. The van der Waals surface area contributed by atoms with Crippen molar-refractivity contribution in [2.24, 2.45) is 0 Å². The molecule has 0 heterocycles. The molecule has 0 radical (unpaired) electrons. The van der Waals surface area contributed by atoms with E-state index >= 15 is 0 Å². The Kier molecular flexibility index (Phi) is 12.1. The number of nitrogens with one attached hydrogen (secondary N) is 1. The maximum Gasteiger partial charge on any atom is 0.410 e. The van der Waals surface area contributed by atoms with E-state index < -0.39 is 45.6 Å². The summed E-state index contributed by atoms with van der Waals surface area (Å²) in [5, 5.41) is 14.3. The number of carbonyl (C=O) groups is 2. The molecule has 2 aromatic rings. The smallest absolute Gasteiger partial charge is 0.410 e. The van der Waals surface area contributed by atoms with Crippen LogP contribution in [0.5, 0.6) is 0 Å². The van der Waals surface area contributed by atoms with E-state index in [4.69, 9.17) is 9.47 Å². The summed E-state index contributed by atoms with van der Waals surface area (Å²) >= 11 is 0. The Morgan fingerprint density at radius 3 is 2.02 bits per heavy atom. The first-order valence-corrected chi connectivity index (χ1v) is 16.3. The Labute approximate surface area is 257 Å². The fraction of sp³-hybridized carbons (Fsp3) is 0.562. The number of sulfonamides is 1. The van der Waals surface area contributed by atoms with Crippen LogP contribution in [0.25, 0.3) is 0 Å². The molecule has 0 aliphatic carbocycles. The van der Waals surface area contributed by atoms with Gasteiger partial charge in [0.15, 0.2) is 0 Å². The second-order valence-electron chi connectivity index (χ2n) is 13.2. The summed E-state index contributed by atoms with van der Waals surface area (Å²) in [7, 11) is -2.06. The van der Waals surface area contributed by atoms with Gasteiger partial charge in [-0.1, -0.05) is 50.2 Å². The number of aliphatic hydroxyl groups is 1. The molecule has 0 fully saturated rings. The van der Waals surface area contributed by atoms with Gasteiger partial charge in [-0.05, 0) is 82.7 Å². The second-order valence-corrected chi connectivity index (χ2v) is 15.2. The molecule has 0 bridgehead atoms. The third-order valence-electron chi connectivity index (χ3n) is 6.43. The van der Waals surface area contributed by atoms with E-state index in [1.165, 1.54) is 16.3 Å². The van der Waals surface area contributed by atoms with Crippen molar-refractivity contribution >= 4 is 27.9 Å². The van der Waals surface area contributed by atoms with Crippen molar-refractivity contribution in [2.45, 2.75) is 97.6 Å². The molecule has 0 aliphatic heterocycles. The van der Waals surface area contributed by atoms with Crippen LogP contribution in [0, 0.1) is 0 Å².